The van der Waals surface area contributed by atoms with Crippen LogP contribution in [0.3, 0.4) is 0 Å². The maximum Gasteiger partial charge on any atom is 0.320 e. The van der Waals surface area contributed by atoms with Crippen LogP contribution in [-0.2, 0) is 11.3 Å². The number of amides is 1. The van der Waals surface area contributed by atoms with E-state index < -0.39 is 12.0 Å². The Morgan fingerprint density at radius 1 is 1.15 bits per heavy atom. The van der Waals surface area contributed by atoms with Crippen molar-refractivity contribution in [2.45, 2.75) is 38.8 Å². The first-order valence-electron chi connectivity index (χ1n) is 8.62. The second-order valence-corrected chi connectivity index (χ2v) is 6.46. The lowest BCUT2D eigenvalue weighted by Gasteiger charge is -2.14. The van der Waals surface area contributed by atoms with Crippen LogP contribution in [-0.4, -0.2) is 23.0 Å². The summed E-state index contributed by atoms with van der Waals surface area (Å²) in [5.74, 6) is -1.13. The van der Waals surface area contributed by atoms with Crippen LogP contribution in [0.25, 0.3) is 0 Å². The number of carbonyl (C=O) groups is 2. The van der Waals surface area contributed by atoms with Crippen molar-refractivity contribution in [2.24, 2.45) is 0 Å². The van der Waals surface area contributed by atoms with Gasteiger partial charge in [-0.2, -0.15) is 0 Å². The Hall–Kier alpha value is -2.37. The molecule has 0 saturated heterocycles. The summed E-state index contributed by atoms with van der Waals surface area (Å²) in [6.45, 7) is 2.44. The number of carboxylic acids is 1. The maximum atomic E-state index is 12.3. The second kappa shape index (κ2) is 9.94. The molecule has 2 aromatic rings. The van der Waals surface area contributed by atoms with Crippen LogP contribution in [0.1, 0.15) is 42.1 Å². The fourth-order valence-corrected chi connectivity index (χ4v) is 2.79. The van der Waals surface area contributed by atoms with E-state index in [1.54, 1.807) is 30.3 Å². The fourth-order valence-electron chi connectivity index (χ4n) is 2.56. The molecule has 0 heterocycles. The van der Waals surface area contributed by atoms with E-state index in [1.807, 2.05) is 25.1 Å². The summed E-state index contributed by atoms with van der Waals surface area (Å²) in [5, 5.41) is 15.5. The Bertz CT molecular complexity index is 764. The fraction of sp³-hybridized carbons (Fsp3) is 0.300. The lowest BCUT2D eigenvalue weighted by atomic mass is 10.1. The molecule has 1 atom stereocenters. The average molecular weight is 375 g/mol. The molecule has 1 amide bonds. The third-order valence-corrected chi connectivity index (χ3v) is 4.33. The van der Waals surface area contributed by atoms with Gasteiger partial charge >= 0.3 is 5.97 Å². The van der Waals surface area contributed by atoms with Crippen molar-refractivity contribution in [1.29, 1.82) is 0 Å². The summed E-state index contributed by atoms with van der Waals surface area (Å²) in [5.41, 5.74) is 1.93. The standard InChI is InChI=1S/C20H23ClN2O3/c1-2-3-11-18(20(25)26)22-13-14-7-6-8-15(12-14)23-19(24)16-9-4-5-10-17(16)21/h4-10,12,18,22H,2-3,11,13H2,1H3,(H,23,24)(H,25,26). The van der Waals surface area contributed by atoms with Crippen molar-refractivity contribution in [3.8, 4) is 0 Å². The van der Waals surface area contributed by atoms with Crippen LogP contribution < -0.4 is 10.6 Å². The number of rotatable bonds is 9. The van der Waals surface area contributed by atoms with Gasteiger partial charge in [0.25, 0.3) is 5.91 Å². The first-order chi connectivity index (χ1) is 12.5. The topological polar surface area (TPSA) is 78.4 Å². The van der Waals surface area contributed by atoms with E-state index in [0.717, 1.165) is 18.4 Å². The Morgan fingerprint density at radius 3 is 2.62 bits per heavy atom. The van der Waals surface area contributed by atoms with Gasteiger partial charge in [0.2, 0.25) is 0 Å². The lowest BCUT2D eigenvalue weighted by Crippen LogP contribution is -2.36. The van der Waals surface area contributed by atoms with Gasteiger partial charge in [-0.25, -0.2) is 0 Å². The predicted octanol–water partition coefficient (Wildman–Crippen LogP) is 4.33. The molecule has 2 aromatic carbocycles. The minimum Gasteiger partial charge on any atom is -0.480 e. The molecular weight excluding hydrogens is 352 g/mol. The van der Waals surface area contributed by atoms with Crippen LogP contribution in [0.2, 0.25) is 5.02 Å². The van der Waals surface area contributed by atoms with Gasteiger partial charge in [-0.15, -0.1) is 0 Å². The summed E-state index contributed by atoms with van der Waals surface area (Å²) in [6, 6.07) is 13.6. The second-order valence-electron chi connectivity index (χ2n) is 6.05. The van der Waals surface area contributed by atoms with E-state index in [0.29, 0.717) is 29.2 Å². The van der Waals surface area contributed by atoms with E-state index in [-0.39, 0.29) is 5.91 Å². The molecule has 0 aliphatic carbocycles. The summed E-state index contributed by atoms with van der Waals surface area (Å²) in [4.78, 5) is 23.6. The van der Waals surface area contributed by atoms with Gasteiger partial charge < -0.3 is 15.7 Å². The van der Waals surface area contributed by atoms with Gasteiger partial charge in [-0.05, 0) is 36.2 Å². The van der Waals surface area contributed by atoms with Crippen molar-refractivity contribution >= 4 is 29.2 Å². The lowest BCUT2D eigenvalue weighted by molar-refractivity contribution is -0.139. The molecule has 0 aliphatic heterocycles. The van der Waals surface area contributed by atoms with Gasteiger partial charge in [-0.1, -0.05) is 55.6 Å². The molecule has 138 valence electrons. The van der Waals surface area contributed by atoms with E-state index >= 15 is 0 Å². The molecule has 1 unspecified atom stereocenters. The number of hydrogen-bond donors (Lipinski definition) is 3. The van der Waals surface area contributed by atoms with Crippen LogP contribution in [0.4, 0.5) is 5.69 Å². The third-order valence-electron chi connectivity index (χ3n) is 4.00. The molecule has 0 spiro atoms. The molecule has 0 fully saturated rings. The normalized spacial score (nSPS) is 11.8. The van der Waals surface area contributed by atoms with Crippen LogP contribution >= 0.6 is 11.6 Å². The molecule has 26 heavy (non-hydrogen) atoms. The molecule has 0 aromatic heterocycles. The van der Waals surface area contributed by atoms with Crippen LogP contribution in [0.5, 0.6) is 0 Å². The number of anilines is 1. The number of hydrogen-bond acceptors (Lipinski definition) is 3. The number of aliphatic carboxylic acids is 1. The zero-order chi connectivity index (χ0) is 18.9. The largest absolute Gasteiger partial charge is 0.480 e. The number of carboxylic acid groups (broad SMARTS) is 1. The Balaban J connectivity index is 2.00. The highest BCUT2D eigenvalue weighted by Crippen LogP contribution is 2.18. The minimum absolute atomic E-state index is 0.285. The van der Waals surface area contributed by atoms with Gasteiger partial charge in [-0.3, -0.25) is 9.59 Å². The van der Waals surface area contributed by atoms with E-state index in [4.69, 9.17) is 11.6 Å². The van der Waals surface area contributed by atoms with Gasteiger partial charge in [0, 0.05) is 12.2 Å². The number of benzene rings is 2. The Labute approximate surface area is 158 Å². The predicted molar refractivity (Wildman–Crippen MR) is 104 cm³/mol. The molecule has 0 bridgehead atoms. The zero-order valence-corrected chi connectivity index (χ0v) is 15.4. The Kier molecular flexibility index (Phi) is 7.63. The molecular formula is C20H23ClN2O3. The number of halogens is 1. The minimum atomic E-state index is -0.846. The average Bonchev–Trinajstić information content (AvgIpc) is 2.62. The summed E-state index contributed by atoms with van der Waals surface area (Å²) >= 11 is 6.05. The van der Waals surface area contributed by atoms with Crippen molar-refractivity contribution in [1.82, 2.24) is 5.32 Å². The molecule has 5 nitrogen and oxygen atoms in total. The van der Waals surface area contributed by atoms with E-state index in [9.17, 15) is 14.7 Å². The highest BCUT2D eigenvalue weighted by molar-refractivity contribution is 6.34. The number of carbonyl (C=O) groups excluding carboxylic acids is 1. The van der Waals surface area contributed by atoms with E-state index in [1.165, 1.54) is 0 Å². The third kappa shape index (κ3) is 5.86. The quantitative estimate of drug-likeness (QED) is 0.610. The van der Waals surface area contributed by atoms with Crippen molar-refractivity contribution in [3.63, 3.8) is 0 Å². The zero-order valence-electron chi connectivity index (χ0n) is 14.7. The monoisotopic (exact) mass is 374 g/mol. The molecule has 0 radical (unpaired) electrons. The summed E-state index contributed by atoms with van der Waals surface area (Å²) < 4.78 is 0. The SMILES string of the molecule is CCCCC(NCc1cccc(NC(=O)c2ccccc2Cl)c1)C(=O)O. The van der Waals surface area contributed by atoms with Crippen LogP contribution in [0, 0.1) is 0 Å². The molecule has 2 rings (SSSR count). The van der Waals surface area contributed by atoms with Crippen molar-refractivity contribution in [3.05, 3.63) is 64.7 Å². The molecule has 0 saturated carbocycles. The van der Waals surface area contributed by atoms with Crippen molar-refractivity contribution in [2.75, 3.05) is 5.32 Å². The van der Waals surface area contributed by atoms with Crippen molar-refractivity contribution < 1.29 is 14.7 Å². The molecule has 0 aliphatic rings. The first-order valence-corrected chi connectivity index (χ1v) is 9.00. The van der Waals surface area contributed by atoms with Gasteiger partial charge in [0.05, 0.1) is 10.6 Å². The number of unbranched alkanes of at least 4 members (excludes halogenated alkanes) is 1. The Morgan fingerprint density at radius 2 is 1.92 bits per heavy atom. The first kappa shape index (κ1) is 19.9. The molecule has 6 heteroatoms. The molecule has 3 N–H and O–H groups in total. The van der Waals surface area contributed by atoms with Gasteiger partial charge in [0.15, 0.2) is 0 Å². The summed E-state index contributed by atoms with van der Waals surface area (Å²) in [6.07, 6.45) is 2.40. The van der Waals surface area contributed by atoms with Crippen LogP contribution in [0.15, 0.2) is 48.5 Å². The number of nitrogens with one attached hydrogen (secondary N) is 2. The smallest absolute Gasteiger partial charge is 0.320 e. The van der Waals surface area contributed by atoms with E-state index in [2.05, 4.69) is 10.6 Å². The maximum absolute atomic E-state index is 12.3. The summed E-state index contributed by atoms with van der Waals surface area (Å²) in [7, 11) is 0. The van der Waals surface area contributed by atoms with Gasteiger partial charge in [0.1, 0.15) is 6.04 Å². The highest BCUT2D eigenvalue weighted by atomic mass is 35.5. The highest BCUT2D eigenvalue weighted by Gasteiger charge is 2.16.